The van der Waals surface area contributed by atoms with E-state index in [1.165, 1.54) is 0 Å². The van der Waals surface area contributed by atoms with Crippen LogP contribution in [0.5, 0.6) is 0 Å². The Kier molecular flexibility index (Phi) is 4.02. The Morgan fingerprint density at radius 3 is 2.45 bits per heavy atom. The van der Waals surface area contributed by atoms with Crippen molar-refractivity contribution in [2.45, 2.75) is 13.5 Å². The molecule has 0 spiro atoms. The summed E-state index contributed by atoms with van der Waals surface area (Å²) < 4.78 is 40.3. The van der Waals surface area contributed by atoms with Crippen LogP contribution in [0.15, 0.2) is 30.3 Å². The Labute approximate surface area is 113 Å². The molecule has 0 atom stereocenters. The second-order valence-corrected chi connectivity index (χ2v) is 4.16. The van der Waals surface area contributed by atoms with Gasteiger partial charge >= 0.3 is 0 Å². The first kappa shape index (κ1) is 14.0. The molecule has 104 valence electrons. The molecule has 6 heteroatoms. The molecule has 1 heterocycles. The van der Waals surface area contributed by atoms with Crippen LogP contribution in [0.3, 0.4) is 0 Å². The van der Waals surface area contributed by atoms with E-state index < -0.39 is 29.1 Å². The Morgan fingerprint density at radius 2 is 1.80 bits per heavy atom. The predicted molar refractivity (Wildman–Crippen MR) is 66.5 cm³/mol. The van der Waals surface area contributed by atoms with E-state index in [1.54, 1.807) is 30.3 Å². The molecule has 2 rings (SSSR count). The predicted octanol–water partition coefficient (Wildman–Crippen LogP) is 2.74. The van der Waals surface area contributed by atoms with E-state index in [1.807, 2.05) is 0 Å². The van der Waals surface area contributed by atoms with Crippen LogP contribution in [-0.4, -0.2) is 10.9 Å². The summed E-state index contributed by atoms with van der Waals surface area (Å²) >= 11 is 0. The van der Waals surface area contributed by atoms with Gasteiger partial charge in [-0.25, -0.2) is 13.8 Å². The highest BCUT2D eigenvalue weighted by Gasteiger charge is 2.23. The number of carbonyl (C=O) groups is 1. The Bertz CT molecular complexity index is 618. The van der Waals surface area contributed by atoms with Crippen LogP contribution < -0.4 is 5.32 Å². The number of carbonyl (C=O) groups excluding carboxylic acids is 1. The molecule has 0 unspecified atom stereocenters. The molecule has 0 saturated carbocycles. The van der Waals surface area contributed by atoms with Crippen LogP contribution in [0.25, 0.3) is 0 Å². The number of nitrogens with zero attached hydrogens (tertiary/aromatic N) is 1. The summed E-state index contributed by atoms with van der Waals surface area (Å²) in [5, 5.41) is 2.34. The van der Waals surface area contributed by atoms with E-state index in [2.05, 4.69) is 10.3 Å². The van der Waals surface area contributed by atoms with Crippen LogP contribution in [0.2, 0.25) is 0 Å². The first-order valence-corrected chi connectivity index (χ1v) is 5.84. The molecule has 1 N–H and O–H groups in total. The minimum atomic E-state index is -1.58. The van der Waals surface area contributed by atoms with Crippen molar-refractivity contribution < 1.29 is 18.0 Å². The smallest absolute Gasteiger partial charge is 0.257 e. The van der Waals surface area contributed by atoms with Crippen LogP contribution in [0.1, 0.15) is 21.6 Å². The number of aromatic nitrogens is 1. The number of hydrogen-bond acceptors (Lipinski definition) is 2. The maximum absolute atomic E-state index is 13.7. The molecular formula is C14H11F3N2O. The maximum atomic E-state index is 13.7. The van der Waals surface area contributed by atoms with E-state index in [-0.39, 0.29) is 12.2 Å². The second-order valence-electron chi connectivity index (χ2n) is 4.16. The summed E-state index contributed by atoms with van der Waals surface area (Å²) in [5.41, 5.74) is -0.562. The standard InChI is InChI=1S/C14H11F3N2O/c1-8-11(15)10(12(16)13(17)19-8)14(20)18-7-9-5-3-2-4-6-9/h2-6H,7H2,1H3,(H,18,20). The van der Waals surface area contributed by atoms with Gasteiger partial charge in [0, 0.05) is 6.54 Å². The van der Waals surface area contributed by atoms with Gasteiger partial charge in [-0.2, -0.15) is 4.39 Å². The summed E-state index contributed by atoms with van der Waals surface area (Å²) in [6.07, 6.45) is 0. The number of aryl methyl sites for hydroxylation is 1. The fourth-order valence-electron chi connectivity index (χ4n) is 1.69. The first-order valence-electron chi connectivity index (χ1n) is 5.84. The third-order valence-electron chi connectivity index (χ3n) is 2.73. The lowest BCUT2D eigenvalue weighted by Gasteiger charge is -2.08. The normalized spacial score (nSPS) is 10.4. The average molecular weight is 280 g/mol. The maximum Gasteiger partial charge on any atom is 0.257 e. The molecular weight excluding hydrogens is 269 g/mol. The van der Waals surface area contributed by atoms with Crippen LogP contribution in [0.4, 0.5) is 13.2 Å². The number of pyridine rings is 1. The topological polar surface area (TPSA) is 42.0 Å². The molecule has 2 aromatic rings. The minimum Gasteiger partial charge on any atom is -0.348 e. The van der Waals surface area contributed by atoms with Crippen molar-refractivity contribution >= 4 is 5.91 Å². The van der Waals surface area contributed by atoms with Gasteiger partial charge in [-0.1, -0.05) is 30.3 Å². The summed E-state index contributed by atoms with van der Waals surface area (Å²) in [6, 6.07) is 8.81. The van der Waals surface area contributed by atoms with Crippen molar-refractivity contribution in [3.05, 3.63) is 64.7 Å². The molecule has 0 aliphatic rings. The number of rotatable bonds is 3. The van der Waals surface area contributed by atoms with Gasteiger partial charge in [0.2, 0.25) is 5.95 Å². The third-order valence-corrected chi connectivity index (χ3v) is 2.73. The fourth-order valence-corrected chi connectivity index (χ4v) is 1.69. The number of hydrogen-bond donors (Lipinski definition) is 1. The number of halogens is 3. The van der Waals surface area contributed by atoms with Gasteiger partial charge in [0.1, 0.15) is 5.56 Å². The van der Waals surface area contributed by atoms with Gasteiger partial charge in [-0.05, 0) is 12.5 Å². The number of amides is 1. The van der Waals surface area contributed by atoms with Gasteiger partial charge in [-0.3, -0.25) is 4.79 Å². The van der Waals surface area contributed by atoms with E-state index in [0.717, 1.165) is 12.5 Å². The molecule has 0 aliphatic heterocycles. The Hall–Kier alpha value is -2.37. The van der Waals surface area contributed by atoms with Crippen molar-refractivity contribution in [2.24, 2.45) is 0 Å². The largest absolute Gasteiger partial charge is 0.348 e. The highest BCUT2D eigenvalue weighted by atomic mass is 19.2. The first-order chi connectivity index (χ1) is 9.50. The van der Waals surface area contributed by atoms with E-state index in [9.17, 15) is 18.0 Å². The quantitative estimate of drug-likeness (QED) is 0.878. The highest BCUT2D eigenvalue weighted by molar-refractivity contribution is 5.94. The summed E-state index contributed by atoms with van der Waals surface area (Å²) in [4.78, 5) is 14.8. The molecule has 0 fully saturated rings. The third kappa shape index (κ3) is 2.79. The summed E-state index contributed by atoms with van der Waals surface area (Å²) in [7, 11) is 0. The fraction of sp³-hybridized carbons (Fsp3) is 0.143. The summed E-state index contributed by atoms with van der Waals surface area (Å²) in [5.74, 6) is -5.25. The highest BCUT2D eigenvalue weighted by Crippen LogP contribution is 2.17. The van der Waals surface area contributed by atoms with Gasteiger partial charge in [0.05, 0.1) is 5.69 Å². The van der Waals surface area contributed by atoms with E-state index in [4.69, 9.17) is 0 Å². The molecule has 1 aromatic heterocycles. The summed E-state index contributed by atoms with van der Waals surface area (Å²) in [6.45, 7) is 1.24. The lowest BCUT2D eigenvalue weighted by molar-refractivity contribution is 0.0940. The minimum absolute atomic E-state index is 0.0849. The Morgan fingerprint density at radius 1 is 1.15 bits per heavy atom. The molecule has 0 aliphatic carbocycles. The molecule has 0 saturated heterocycles. The zero-order chi connectivity index (χ0) is 14.7. The van der Waals surface area contributed by atoms with Crippen molar-refractivity contribution in [2.75, 3.05) is 0 Å². The van der Waals surface area contributed by atoms with Crippen LogP contribution in [-0.2, 0) is 6.54 Å². The zero-order valence-corrected chi connectivity index (χ0v) is 10.6. The van der Waals surface area contributed by atoms with Crippen LogP contribution in [0, 0.1) is 24.5 Å². The SMILES string of the molecule is Cc1nc(F)c(F)c(C(=O)NCc2ccccc2)c1F. The van der Waals surface area contributed by atoms with Gasteiger partial charge < -0.3 is 5.32 Å². The molecule has 0 radical (unpaired) electrons. The Balaban J connectivity index is 2.22. The average Bonchev–Trinajstić information content (AvgIpc) is 2.44. The molecule has 3 nitrogen and oxygen atoms in total. The van der Waals surface area contributed by atoms with E-state index in [0.29, 0.717) is 0 Å². The van der Waals surface area contributed by atoms with Crippen molar-refractivity contribution in [3.8, 4) is 0 Å². The van der Waals surface area contributed by atoms with Crippen molar-refractivity contribution in [1.82, 2.24) is 10.3 Å². The monoisotopic (exact) mass is 280 g/mol. The molecule has 1 aromatic carbocycles. The number of nitrogens with one attached hydrogen (secondary N) is 1. The lowest BCUT2D eigenvalue weighted by atomic mass is 10.1. The zero-order valence-electron chi connectivity index (χ0n) is 10.6. The van der Waals surface area contributed by atoms with Crippen molar-refractivity contribution in [1.29, 1.82) is 0 Å². The second kappa shape index (κ2) is 5.73. The van der Waals surface area contributed by atoms with E-state index >= 15 is 0 Å². The number of benzene rings is 1. The van der Waals surface area contributed by atoms with Gasteiger partial charge in [0.25, 0.3) is 5.91 Å². The van der Waals surface area contributed by atoms with Crippen LogP contribution >= 0.6 is 0 Å². The lowest BCUT2D eigenvalue weighted by Crippen LogP contribution is -2.26. The molecule has 1 amide bonds. The molecule has 20 heavy (non-hydrogen) atoms. The van der Waals surface area contributed by atoms with Crippen molar-refractivity contribution in [3.63, 3.8) is 0 Å². The van der Waals surface area contributed by atoms with Gasteiger partial charge in [0.15, 0.2) is 11.6 Å². The molecule has 0 bridgehead atoms. The van der Waals surface area contributed by atoms with Gasteiger partial charge in [-0.15, -0.1) is 0 Å².